The standard InChI is InChI=1S/C14H26N2/c1-4-8-15-11-14-7-10-16(12-14)9-5-6-13(2)3/h7,10,12-13,15H,4-6,8-9,11H2,1-3H3. The third-order valence-corrected chi connectivity index (χ3v) is 2.77. The lowest BCUT2D eigenvalue weighted by atomic mass is 10.1. The molecule has 0 aliphatic rings. The van der Waals surface area contributed by atoms with Crippen LogP contribution < -0.4 is 5.32 Å². The molecule has 2 heteroatoms. The Bertz CT molecular complexity index is 276. The van der Waals surface area contributed by atoms with Crippen molar-refractivity contribution in [1.29, 1.82) is 0 Å². The maximum Gasteiger partial charge on any atom is 0.0220 e. The van der Waals surface area contributed by atoms with E-state index < -0.39 is 0 Å². The molecule has 92 valence electrons. The summed E-state index contributed by atoms with van der Waals surface area (Å²) in [5.74, 6) is 0.821. The number of hydrogen-bond donors (Lipinski definition) is 1. The summed E-state index contributed by atoms with van der Waals surface area (Å²) < 4.78 is 2.31. The van der Waals surface area contributed by atoms with E-state index in [2.05, 4.69) is 49.1 Å². The van der Waals surface area contributed by atoms with Gasteiger partial charge in [0.1, 0.15) is 0 Å². The average molecular weight is 222 g/mol. The van der Waals surface area contributed by atoms with Crippen molar-refractivity contribution < 1.29 is 0 Å². The van der Waals surface area contributed by atoms with Crippen molar-refractivity contribution in [2.24, 2.45) is 5.92 Å². The molecule has 1 heterocycles. The van der Waals surface area contributed by atoms with E-state index in [4.69, 9.17) is 0 Å². The molecule has 1 N–H and O–H groups in total. The van der Waals surface area contributed by atoms with E-state index in [0.717, 1.165) is 25.6 Å². The molecule has 0 amide bonds. The Kier molecular flexibility index (Phi) is 6.24. The van der Waals surface area contributed by atoms with Crippen LogP contribution in [0, 0.1) is 5.92 Å². The van der Waals surface area contributed by atoms with Crippen LogP contribution in [0.25, 0.3) is 0 Å². The van der Waals surface area contributed by atoms with Crippen molar-refractivity contribution in [1.82, 2.24) is 9.88 Å². The summed E-state index contributed by atoms with van der Waals surface area (Å²) in [4.78, 5) is 0. The fraction of sp³-hybridized carbons (Fsp3) is 0.714. The lowest BCUT2D eigenvalue weighted by Gasteiger charge is -2.05. The Hall–Kier alpha value is -0.760. The Morgan fingerprint density at radius 1 is 1.38 bits per heavy atom. The monoisotopic (exact) mass is 222 g/mol. The lowest BCUT2D eigenvalue weighted by Crippen LogP contribution is -2.13. The van der Waals surface area contributed by atoms with Crippen molar-refractivity contribution in [2.75, 3.05) is 6.54 Å². The fourth-order valence-electron chi connectivity index (χ4n) is 1.83. The zero-order valence-corrected chi connectivity index (χ0v) is 11.0. The molecule has 0 bridgehead atoms. The first-order valence-electron chi connectivity index (χ1n) is 6.57. The quantitative estimate of drug-likeness (QED) is 0.667. The maximum atomic E-state index is 3.43. The first kappa shape index (κ1) is 13.3. The third kappa shape index (κ3) is 5.36. The molecule has 0 spiro atoms. The highest BCUT2D eigenvalue weighted by Gasteiger charge is 1.98. The summed E-state index contributed by atoms with van der Waals surface area (Å²) in [6.45, 7) is 10.0. The van der Waals surface area contributed by atoms with Crippen LogP contribution in [-0.4, -0.2) is 11.1 Å². The van der Waals surface area contributed by atoms with Gasteiger partial charge in [-0.15, -0.1) is 0 Å². The van der Waals surface area contributed by atoms with E-state index in [1.54, 1.807) is 0 Å². The van der Waals surface area contributed by atoms with E-state index in [0.29, 0.717) is 0 Å². The smallest absolute Gasteiger partial charge is 0.0220 e. The van der Waals surface area contributed by atoms with Crippen molar-refractivity contribution >= 4 is 0 Å². The predicted octanol–water partition coefficient (Wildman–Crippen LogP) is 3.42. The van der Waals surface area contributed by atoms with Gasteiger partial charge in [-0.05, 0) is 43.4 Å². The van der Waals surface area contributed by atoms with E-state index in [1.165, 1.54) is 24.8 Å². The van der Waals surface area contributed by atoms with E-state index in [-0.39, 0.29) is 0 Å². The molecule has 16 heavy (non-hydrogen) atoms. The van der Waals surface area contributed by atoms with Crippen LogP contribution in [-0.2, 0) is 13.1 Å². The van der Waals surface area contributed by atoms with Crippen LogP contribution in [0.15, 0.2) is 18.5 Å². The highest BCUT2D eigenvalue weighted by molar-refractivity contribution is 5.09. The summed E-state index contributed by atoms with van der Waals surface area (Å²) in [5, 5.41) is 3.43. The van der Waals surface area contributed by atoms with Crippen LogP contribution in [0.1, 0.15) is 45.6 Å². The minimum atomic E-state index is 0.821. The topological polar surface area (TPSA) is 17.0 Å². The van der Waals surface area contributed by atoms with E-state index in [9.17, 15) is 0 Å². The minimum Gasteiger partial charge on any atom is -0.354 e. The van der Waals surface area contributed by atoms with Gasteiger partial charge in [-0.1, -0.05) is 20.8 Å². The molecular weight excluding hydrogens is 196 g/mol. The largest absolute Gasteiger partial charge is 0.354 e. The molecular formula is C14H26N2. The van der Waals surface area contributed by atoms with Gasteiger partial charge >= 0.3 is 0 Å². The fourth-order valence-corrected chi connectivity index (χ4v) is 1.83. The van der Waals surface area contributed by atoms with Gasteiger partial charge in [0.05, 0.1) is 0 Å². The summed E-state index contributed by atoms with van der Waals surface area (Å²) in [5.41, 5.74) is 1.40. The first-order chi connectivity index (χ1) is 7.72. The SMILES string of the molecule is CCCNCc1ccn(CCCC(C)C)c1. The zero-order chi connectivity index (χ0) is 11.8. The second-order valence-electron chi connectivity index (χ2n) is 4.97. The van der Waals surface area contributed by atoms with Gasteiger partial charge in [0.15, 0.2) is 0 Å². The Morgan fingerprint density at radius 3 is 2.88 bits per heavy atom. The Labute approximate surface area is 100 Å². The molecule has 1 rings (SSSR count). The van der Waals surface area contributed by atoms with Crippen LogP contribution in [0.3, 0.4) is 0 Å². The minimum absolute atomic E-state index is 0.821. The maximum absolute atomic E-state index is 3.43. The lowest BCUT2D eigenvalue weighted by molar-refractivity contribution is 0.512. The van der Waals surface area contributed by atoms with Crippen LogP contribution in [0.4, 0.5) is 0 Å². The molecule has 0 saturated carbocycles. The number of rotatable bonds is 8. The highest BCUT2D eigenvalue weighted by Crippen LogP contribution is 2.07. The third-order valence-electron chi connectivity index (χ3n) is 2.77. The molecule has 0 fully saturated rings. The second-order valence-corrected chi connectivity index (χ2v) is 4.97. The van der Waals surface area contributed by atoms with Crippen LogP contribution in [0.2, 0.25) is 0 Å². The number of aromatic nitrogens is 1. The second kappa shape index (κ2) is 7.50. The van der Waals surface area contributed by atoms with E-state index in [1.807, 2.05) is 0 Å². The first-order valence-corrected chi connectivity index (χ1v) is 6.57. The molecule has 1 aromatic rings. The van der Waals surface area contributed by atoms with Gasteiger partial charge in [-0.2, -0.15) is 0 Å². The molecule has 0 saturated heterocycles. The van der Waals surface area contributed by atoms with Crippen molar-refractivity contribution in [2.45, 2.75) is 53.1 Å². The summed E-state index contributed by atoms with van der Waals surface area (Å²) in [7, 11) is 0. The molecule has 1 aromatic heterocycles. The molecule has 0 aliphatic carbocycles. The van der Waals surface area contributed by atoms with Gasteiger partial charge < -0.3 is 9.88 Å². The van der Waals surface area contributed by atoms with Gasteiger partial charge in [-0.3, -0.25) is 0 Å². The predicted molar refractivity (Wildman–Crippen MR) is 70.5 cm³/mol. The molecule has 0 unspecified atom stereocenters. The van der Waals surface area contributed by atoms with E-state index >= 15 is 0 Å². The summed E-state index contributed by atoms with van der Waals surface area (Å²) in [6, 6.07) is 2.22. The number of hydrogen-bond acceptors (Lipinski definition) is 1. The van der Waals surface area contributed by atoms with Crippen LogP contribution >= 0.6 is 0 Å². The molecule has 0 aromatic carbocycles. The molecule has 0 atom stereocenters. The molecule has 0 radical (unpaired) electrons. The van der Waals surface area contributed by atoms with Crippen molar-refractivity contribution in [3.8, 4) is 0 Å². The van der Waals surface area contributed by atoms with Gasteiger partial charge in [-0.25, -0.2) is 0 Å². The highest BCUT2D eigenvalue weighted by atomic mass is 14.9. The van der Waals surface area contributed by atoms with Gasteiger partial charge in [0, 0.05) is 25.5 Å². The Morgan fingerprint density at radius 2 is 2.19 bits per heavy atom. The Balaban J connectivity index is 2.22. The van der Waals surface area contributed by atoms with Gasteiger partial charge in [0.2, 0.25) is 0 Å². The number of aryl methyl sites for hydroxylation is 1. The zero-order valence-electron chi connectivity index (χ0n) is 11.0. The normalized spacial score (nSPS) is 11.2. The molecule has 2 nitrogen and oxygen atoms in total. The van der Waals surface area contributed by atoms with Crippen LogP contribution in [0.5, 0.6) is 0 Å². The average Bonchev–Trinajstić information content (AvgIpc) is 2.66. The summed E-state index contributed by atoms with van der Waals surface area (Å²) >= 11 is 0. The van der Waals surface area contributed by atoms with Gasteiger partial charge in [0.25, 0.3) is 0 Å². The van der Waals surface area contributed by atoms with Crippen molar-refractivity contribution in [3.63, 3.8) is 0 Å². The number of nitrogens with zero attached hydrogens (tertiary/aromatic N) is 1. The summed E-state index contributed by atoms with van der Waals surface area (Å²) in [6.07, 6.45) is 8.27. The molecule has 0 aliphatic heterocycles. The number of nitrogens with one attached hydrogen (secondary N) is 1. The van der Waals surface area contributed by atoms with Crippen molar-refractivity contribution in [3.05, 3.63) is 24.0 Å².